The van der Waals surface area contributed by atoms with Crippen molar-refractivity contribution in [2.75, 3.05) is 14.1 Å². The summed E-state index contributed by atoms with van der Waals surface area (Å²) in [5.74, 6) is 0.0286. The zero-order valence-corrected chi connectivity index (χ0v) is 11.0. The average Bonchev–Trinajstić information content (AvgIpc) is 2.36. The van der Waals surface area contributed by atoms with E-state index in [1.54, 1.807) is 19.0 Å². The number of nitrogens with zero attached hydrogens (tertiary/aromatic N) is 1. The Balaban J connectivity index is 2.51. The molecule has 0 bridgehead atoms. The van der Waals surface area contributed by atoms with Gasteiger partial charge >= 0.3 is 0 Å². The average molecular weight is 239 g/mol. The van der Waals surface area contributed by atoms with Gasteiger partial charge in [0, 0.05) is 19.7 Å². The Morgan fingerprint density at radius 2 is 1.50 bits per heavy atom. The van der Waals surface area contributed by atoms with Crippen molar-refractivity contribution in [1.82, 2.24) is 4.90 Å². The monoisotopic (exact) mass is 239 g/mol. The molecule has 1 amide bonds. The van der Waals surface area contributed by atoms with E-state index in [4.69, 9.17) is 0 Å². The summed E-state index contributed by atoms with van der Waals surface area (Å²) in [6, 6.07) is 12.0. The van der Waals surface area contributed by atoms with Gasteiger partial charge < -0.3 is 4.90 Å². The molecule has 0 aromatic heterocycles. The Bertz CT molecular complexity index is 626. The maximum Gasteiger partial charge on any atom is 0.253 e. The Kier molecular flexibility index (Phi) is 3.19. The van der Waals surface area contributed by atoms with Crippen molar-refractivity contribution in [2.24, 2.45) is 0 Å². The summed E-state index contributed by atoms with van der Waals surface area (Å²) >= 11 is 0. The van der Waals surface area contributed by atoms with E-state index in [0.717, 1.165) is 27.5 Å². The molecule has 2 heteroatoms. The number of hydrogen-bond donors (Lipinski definition) is 0. The number of carbonyl (C=O) groups is 1. The molecule has 0 saturated heterocycles. The second-order valence-corrected chi connectivity index (χ2v) is 4.76. The SMILES string of the molecule is C=C(C)c1ccc2cc(C(=O)N(C)C)ccc2c1. The van der Waals surface area contributed by atoms with Gasteiger partial charge in [0.1, 0.15) is 0 Å². The van der Waals surface area contributed by atoms with Crippen molar-refractivity contribution < 1.29 is 4.79 Å². The van der Waals surface area contributed by atoms with Crippen LogP contribution in [0.1, 0.15) is 22.8 Å². The maximum absolute atomic E-state index is 11.9. The fraction of sp³-hybridized carbons (Fsp3) is 0.188. The van der Waals surface area contributed by atoms with Crippen molar-refractivity contribution in [3.63, 3.8) is 0 Å². The third-order valence-corrected chi connectivity index (χ3v) is 2.99. The maximum atomic E-state index is 11.9. The zero-order valence-electron chi connectivity index (χ0n) is 11.0. The molecule has 0 N–H and O–H groups in total. The quantitative estimate of drug-likeness (QED) is 0.784. The Hall–Kier alpha value is -2.09. The van der Waals surface area contributed by atoms with Crippen LogP contribution in [0.3, 0.4) is 0 Å². The molecule has 0 aliphatic rings. The van der Waals surface area contributed by atoms with E-state index in [1.807, 2.05) is 37.3 Å². The normalized spacial score (nSPS) is 10.4. The minimum atomic E-state index is 0.0286. The summed E-state index contributed by atoms with van der Waals surface area (Å²) in [6.07, 6.45) is 0. The predicted molar refractivity (Wildman–Crippen MR) is 76.7 cm³/mol. The van der Waals surface area contributed by atoms with E-state index < -0.39 is 0 Å². The molecule has 0 radical (unpaired) electrons. The van der Waals surface area contributed by atoms with Gasteiger partial charge in [-0.3, -0.25) is 4.79 Å². The van der Waals surface area contributed by atoms with Crippen LogP contribution in [0.25, 0.3) is 16.3 Å². The molecule has 0 unspecified atom stereocenters. The van der Waals surface area contributed by atoms with Crippen LogP contribution in [0.2, 0.25) is 0 Å². The van der Waals surface area contributed by atoms with E-state index in [0.29, 0.717) is 0 Å². The number of carbonyl (C=O) groups excluding carboxylic acids is 1. The molecule has 18 heavy (non-hydrogen) atoms. The molecule has 0 saturated carbocycles. The topological polar surface area (TPSA) is 20.3 Å². The third kappa shape index (κ3) is 2.28. The van der Waals surface area contributed by atoms with E-state index >= 15 is 0 Å². The summed E-state index contributed by atoms with van der Waals surface area (Å²) in [5.41, 5.74) is 2.90. The smallest absolute Gasteiger partial charge is 0.253 e. The predicted octanol–water partition coefficient (Wildman–Crippen LogP) is 3.57. The number of benzene rings is 2. The molecule has 0 fully saturated rings. The standard InChI is InChI=1S/C16H17NO/c1-11(2)12-5-6-14-10-15(16(18)17(3)4)8-7-13(14)9-12/h5-10H,1H2,2-4H3. The first-order valence-corrected chi connectivity index (χ1v) is 5.90. The first kappa shape index (κ1) is 12.4. The van der Waals surface area contributed by atoms with Crippen LogP contribution in [-0.2, 0) is 0 Å². The van der Waals surface area contributed by atoms with Gasteiger partial charge in [0.05, 0.1) is 0 Å². The highest BCUT2D eigenvalue weighted by Gasteiger charge is 2.08. The number of fused-ring (bicyclic) bond motifs is 1. The number of hydrogen-bond acceptors (Lipinski definition) is 1. The van der Waals surface area contributed by atoms with Crippen molar-refractivity contribution in [3.8, 4) is 0 Å². The minimum absolute atomic E-state index is 0.0286. The van der Waals surface area contributed by atoms with E-state index in [-0.39, 0.29) is 5.91 Å². The van der Waals surface area contributed by atoms with Crippen LogP contribution < -0.4 is 0 Å². The van der Waals surface area contributed by atoms with Crippen molar-refractivity contribution in [3.05, 3.63) is 54.1 Å². The lowest BCUT2D eigenvalue weighted by atomic mass is 10.0. The van der Waals surface area contributed by atoms with Gasteiger partial charge in [-0.25, -0.2) is 0 Å². The molecule has 2 nitrogen and oxygen atoms in total. The van der Waals surface area contributed by atoms with Gasteiger partial charge in [-0.1, -0.05) is 30.4 Å². The summed E-state index contributed by atoms with van der Waals surface area (Å²) < 4.78 is 0. The van der Waals surface area contributed by atoms with Crippen molar-refractivity contribution >= 4 is 22.3 Å². The van der Waals surface area contributed by atoms with E-state index in [9.17, 15) is 4.79 Å². The minimum Gasteiger partial charge on any atom is -0.345 e. The summed E-state index contributed by atoms with van der Waals surface area (Å²) in [7, 11) is 3.52. The van der Waals surface area contributed by atoms with Gasteiger partial charge in [0.2, 0.25) is 0 Å². The molecule has 0 atom stereocenters. The first-order valence-electron chi connectivity index (χ1n) is 5.90. The van der Waals surface area contributed by atoms with Crippen molar-refractivity contribution in [1.29, 1.82) is 0 Å². The summed E-state index contributed by atoms with van der Waals surface area (Å²) in [5, 5.41) is 2.21. The molecule has 0 aliphatic carbocycles. The molecule has 0 heterocycles. The lowest BCUT2D eigenvalue weighted by Crippen LogP contribution is -2.21. The highest BCUT2D eigenvalue weighted by atomic mass is 16.2. The van der Waals surface area contributed by atoms with Crippen LogP contribution in [0.4, 0.5) is 0 Å². The summed E-state index contributed by atoms with van der Waals surface area (Å²) in [4.78, 5) is 13.5. The largest absolute Gasteiger partial charge is 0.345 e. The molecule has 2 aromatic rings. The Morgan fingerprint density at radius 1 is 1.00 bits per heavy atom. The number of amides is 1. The van der Waals surface area contributed by atoms with Crippen LogP contribution in [-0.4, -0.2) is 24.9 Å². The molecular formula is C16H17NO. The Labute approximate surface area is 108 Å². The second kappa shape index (κ2) is 4.65. The van der Waals surface area contributed by atoms with Gasteiger partial charge in [0.25, 0.3) is 5.91 Å². The molecule has 2 aromatic carbocycles. The van der Waals surface area contributed by atoms with E-state index in [2.05, 4.69) is 12.6 Å². The number of rotatable bonds is 2. The fourth-order valence-corrected chi connectivity index (χ4v) is 1.90. The molecular weight excluding hydrogens is 222 g/mol. The summed E-state index contributed by atoms with van der Waals surface area (Å²) in [6.45, 7) is 5.93. The zero-order chi connectivity index (χ0) is 13.3. The lowest BCUT2D eigenvalue weighted by Gasteiger charge is -2.11. The van der Waals surface area contributed by atoms with Gasteiger partial charge in [0.15, 0.2) is 0 Å². The molecule has 0 spiro atoms. The third-order valence-electron chi connectivity index (χ3n) is 2.99. The number of allylic oxidation sites excluding steroid dienone is 1. The fourth-order valence-electron chi connectivity index (χ4n) is 1.90. The first-order chi connectivity index (χ1) is 8.49. The molecule has 0 aliphatic heterocycles. The highest BCUT2D eigenvalue weighted by molar-refractivity contribution is 5.98. The van der Waals surface area contributed by atoms with Gasteiger partial charge in [-0.15, -0.1) is 0 Å². The van der Waals surface area contributed by atoms with Gasteiger partial charge in [-0.2, -0.15) is 0 Å². The van der Waals surface area contributed by atoms with Crippen LogP contribution >= 0.6 is 0 Å². The highest BCUT2D eigenvalue weighted by Crippen LogP contribution is 2.21. The van der Waals surface area contributed by atoms with Crippen LogP contribution in [0, 0.1) is 0 Å². The Morgan fingerprint density at radius 3 is 2.00 bits per heavy atom. The second-order valence-electron chi connectivity index (χ2n) is 4.76. The van der Waals surface area contributed by atoms with Crippen LogP contribution in [0.5, 0.6) is 0 Å². The van der Waals surface area contributed by atoms with Crippen molar-refractivity contribution in [2.45, 2.75) is 6.92 Å². The van der Waals surface area contributed by atoms with E-state index in [1.165, 1.54) is 0 Å². The molecule has 92 valence electrons. The lowest BCUT2D eigenvalue weighted by molar-refractivity contribution is 0.0828. The molecule has 2 rings (SSSR count). The van der Waals surface area contributed by atoms with Gasteiger partial charge in [-0.05, 0) is 41.5 Å². The van der Waals surface area contributed by atoms with Crippen LogP contribution in [0.15, 0.2) is 43.0 Å².